The molecule has 0 heterocycles. The van der Waals surface area contributed by atoms with Crippen molar-refractivity contribution in [2.45, 2.75) is 13.8 Å². The second-order valence-electron chi connectivity index (χ2n) is 6.67. The normalized spacial score (nSPS) is 10.7. The minimum atomic E-state index is -0.365. The number of hydrogen-bond donors (Lipinski definition) is 1. The van der Waals surface area contributed by atoms with Crippen LogP contribution in [0.25, 0.3) is 11.1 Å². The first-order valence-electron chi connectivity index (χ1n) is 10.3. The Balaban J connectivity index is 1.54. The maximum absolute atomic E-state index is 12.1. The highest BCUT2D eigenvalue weighted by molar-refractivity contribution is 9.10. The molecule has 0 radical (unpaired) electrons. The third kappa shape index (κ3) is 6.59. The van der Waals surface area contributed by atoms with Gasteiger partial charge in [0, 0.05) is 0 Å². The Labute approximate surface area is 196 Å². The average molecular weight is 497 g/mol. The number of nitrogens with zero attached hydrogens (tertiary/aromatic N) is 1. The number of amides is 1. The van der Waals surface area contributed by atoms with Gasteiger partial charge in [-0.1, -0.05) is 36.4 Å². The van der Waals surface area contributed by atoms with E-state index < -0.39 is 0 Å². The highest BCUT2D eigenvalue weighted by atomic mass is 79.9. The summed E-state index contributed by atoms with van der Waals surface area (Å²) in [4.78, 5) is 12.1. The maximum Gasteiger partial charge on any atom is 0.277 e. The van der Waals surface area contributed by atoms with Crippen LogP contribution in [0.15, 0.2) is 76.3 Å². The number of ether oxygens (including phenoxy) is 3. The quantitative estimate of drug-likeness (QED) is 0.299. The lowest BCUT2D eigenvalue weighted by Gasteiger charge is -2.11. The predicted octanol–water partition coefficient (Wildman–Crippen LogP) is 5.44. The van der Waals surface area contributed by atoms with Crippen molar-refractivity contribution in [1.29, 1.82) is 0 Å². The van der Waals surface area contributed by atoms with Crippen molar-refractivity contribution in [2.75, 3.05) is 19.8 Å². The number of hydrogen-bond acceptors (Lipinski definition) is 5. The molecule has 166 valence electrons. The maximum atomic E-state index is 12.1. The van der Waals surface area contributed by atoms with Crippen molar-refractivity contribution in [3.8, 4) is 28.4 Å². The van der Waals surface area contributed by atoms with Crippen molar-refractivity contribution < 1.29 is 19.0 Å². The van der Waals surface area contributed by atoms with Gasteiger partial charge in [0.15, 0.2) is 18.1 Å². The van der Waals surface area contributed by atoms with E-state index >= 15 is 0 Å². The lowest BCUT2D eigenvalue weighted by molar-refractivity contribution is -0.123. The molecule has 0 fully saturated rings. The summed E-state index contributed by atoms with van der Waals surface area (Å²) in [6.45, 7) is 4.74. The summed E-state index contributed by atoms with van der Waals surface area (Å²) in [5.74, 6) is 1.53. The molecule has 0 saturated carbocycles. The third-order valence-electron chi connectivity index (χ3n) is 4.37. The Morgan fingerprint density at radius 1 is 0.875 bits per heavy atom. The molecule has 7 heteroatoms. The summed E-state index contributed by atoms with van der Waals surface area (Å²) in [5.41, 5.74) is 5.40. The van der Waals surface area contributed by atoms with Gasteiger partial charge in [0.1, 0.15) is 5.75 Å². The van der Waals surface area contributed by atoms with E-state index in [0.29, 0.717) is 30.5 Å². The average Bonchev–Trinajstić information content (AvgIpc) is 2.81. The number of hydrazone groups is 1. The first-order valence-corrected chi connectivity index (χ1v) is 11.1. The van der Waals surface area contributed by atoms with Gasteiger partial charge in [0.05, 0.1) is 23.9 Å². The topological polar surface area (TPSA) is 69.2 Å². The van der Waals surface area contributed by atoms with Crippen LogP contribution in [0, 0.1) is 0 Å². The molecular formula is C25H25BrN2O4. The highest BCUT2D eigenvalue weighted by Crippen LogP contribution is 2.31. The fourth-order valence-electron chi connectivity index (χ4n) is 2.93. The third-order valence-corrected chi connectivity index (χ3v) is 4.99. The summed E-state index contributed by atoms with van der Waals surface area (Å²) in [7, 11) is 0. The van der Waals surface area contributed by atoms with E-state index in [0.717, 1.165) is 21.2 Å². The fraction of sp³-hybridized carbons (Fsp3) is 0.200. The zero-order valence-corrected chi connectivity index (χ0v) is 19.6. The van der Waals surface area contributed by atoms with Gasteiger partial charge in [-0.25, -0.2) is 5.43 Å². The Hall–Kier alpha value is -3.32. The van der Waals surface area contributed by atoms with Crippen LogP contribution in [-0.2, 0) is 4.79 Å². The molecule has 0 unspecified atom stereocenters. The largest absolute Gasteiger partial charge is 0.490 e. The van der Waals surface area contributed by atoms with Gasteiger partial charge in [0.25, 0.3) is 5.91 Å². The number of nitrogens with one attached hydrogen (secondary N) is 1. The Morgan fingerprint density at radius 3 is 2.31 bits per heavy atom. The second-order valence-corrected chi connectivity index (χ2v) is 7.52. The molecule has 3 aromatic rings. The van der Waals surface area contributed by atoms with E-state index in [1.54, 1.807) is 6.21 Å². The van der Waals surface area contributed by atoms with E-state index in [2.05, 4.69) is 26.5 Å². The first kappa shape index (κ1) is 23.3. The molecule has 0 aromatic heterocycles. The molecule has 0 atom stereocenters. The summed E-state index contributed by atoms with van der Waals surface area (Å²) in [6.07, 6.45) is 1.54. The van der Waals surface area contributed by atoms with Crippen LogP contribution in [0.1, 0.15) is 19.4 Å². The van der Waals surface area contributed by atoms with E-state index in [-0.39, 0.29) is 12.5 Å². The van der Waals surface area contributed by atoms with Gasteiger partial charge in [-0.3, -0.25) is 4.79 Å². The van der Waals surface area contributed by atoms with Gasteiger partial charge < -0.3 is 14.2 Å². The molecule has 1 amide bonds. The summed E-state index contributed by atoms with van der Waals surface area (Å²) < 4.78 is 17.5. The molecule has 0 saturated heterocycles. The van der Waals surface area contributed by atoms with E-state index in [1.807, 2.05) is 80.6 Å². The fourth-order valence-corrected chi connectivity index (χ4v) is 3.42. The zero-order valence-electron chi connectivity index (χ0n) is 18.0. The monoisotopic (exact) mass is 496 g/mol. The molecule has 0 spiro atoms. The minimum Gasteiger partial charge on any atom is -0.490 e. The van der Waals surface area contributed by atoms with E-state index in [9.17, 15) is 4.79 Å². The van der Waals surface area contributed by atoms with Crippen LogP contribution in [-0.4, -0.2) is 31.9 Å². The summed E-state index contributed by atoms with van der Waals surface area (Å²) in [6, 6.07) is 21.2. The molecule has 1 N–H and O–H groups in total. The van der Waals surface area contributed by atoms with Crippen molar-refractivity contribution >= 4 is 28.1 Å². The number of rotatable bonds is 10. The SMILES string of the molecule is CCOc1ccc(/C=N/NC(=O)COc2ccc(-c3ccccc3)cc2Br)cc1OCC. The van der Waals surface area contributed by atoms with Gasteiger partial charge in [-0.05, 0) is 76.8 Å². The van der Waals surface area contributed by atoms with Crippen molar-refractivity contribution in [1.82, 2.24) is 5.43 Å². The van der Waals surface area contributed by atoms with Crippen molar-refractivity contribution in [2.24, 2.45) is 5.10 Å². The first-order chi connectivity index (χ1) is 15.6. The predicted molar refractivity (Wildman–Crippen MR) is 130 cm³/mol. The summed E-state index contributed by atoms with van der Waals surface area (Å²) in [5, 5.41) is 3.99. The Kier molecular flexibility index (Phi) is 8.69. The van der Waals surface area contributed by atoms with E-state index in [1.165, 1.54) is 0 Å². The number of benzene rings is 3. The Morgan fingerprint density at radius 2 is 1.59 bits per heavy atom. The molecular weight excluding hydrogens is 472 g/mol. The van der Waals surface area contributed by atoms with Gasteiger partial charge in [0.2, 0.25) is 0 Å². The number of carbonyl (C=O) groups excluding carboxylic acids is 1. The van der Waals surface area contributed by atoms with E-state index in [4.69, 9.17) is 14.2 Å². The molecule has 0 aliphatic rings. The highest BCUT2D eigenvalue weighted by Gasteiger charge is 2.08. The van der Waals surface area contributed by atoms with Crippen LogP contribution in [0.5, 0.6) is 17.2 Å². The van der Waals surface area contributed by atoms with Crippen molar-refractivity contribution in [3.05, 3.63) is 76.8 Å². The smallest absolute Gasteiger partial charge is 0.277 e. The standard InChI is InChI=1S/C25H25BrN2O4/c1-3-30-23-12-10-18(14-24(23)31-4-2)16-27-28-25(29)17-32-22-13-11-20(15-21(22)26)19-8-6-5-7-9-19/h5-16H,3-4,17H2,1-2H3,(H,28,29)/b27-16+. The van der Waals surface area contributed by atoms with Crippen LogP contribution in [0.4, 0.5) is 0 Å². The molecule has 0 aliphatic heterocycles. The van der Waals surface area contributed by atoms with Crippen LogP contribution in [0.3, 0.4) is 0 Å². The van der Waals surface area contributed by atoms with Gasteiger partial charge >= 0.3 is 0 Å². The molecule has 3 rings (SSSR count). The molecule has 0 aliphatic carbocycles. The lowest BCUT2D eigenvalue weighted by Crippen LogP contribution is -2.24. The van der Waals surface area contributed by atoms with Gasteiger partial charge in [-0.2, -0.15) is 5.10 Å². The van der Waals surface area contributed by atoms with Crippen LogP contribution < -0.4 is 19.6 Å². The Bertz CT molecular complexity index is 1070. The number of carbonyl (C=O) groups is 1. The van der Waals surface area contributed by atoms with Crippen LogP contribution in [0.2, 0.25) is 0 Å². The molecule has 6 nitrogen and oxygen atoms in total. The van der Waals surface area contributed by atoms with Crippen LogP contribution >= 0.6 is 15.9 Å². The number of halogens is 1. The minimum absolute atomic E-state index is 0.159. The van der Waals surface area contributed by atoms with Gasteiger partial charge in [-0.15, -0.1) is 0 Å². The second kappa shape index (κ2) is 11.9. The zero-order chi connectivity index (χ0) is 22.8. The molecule has 32 heavy (non-hydrogen) atoms. The molecule has 0 bridgehead atoms. The van der Waals surface area contributed by atoms with Crippen molar-refractivity contribution in [3.63, 3.8) is 0 Å². The molecule has 3 aromatic carbocycles. The summed E-state index contributed by atoms with van der Waals surface area (Å²) >= 11 is 3.51. The lowest BCUT2D eigenvalue weighted by atomic mass is 10.1.